The molecular formula is C19H21NO7. The third-order valence-electron chi connectivity index (χ3n) is 4.16. The van der Waals surface area contributed by atoms with Crippen LogP contribution in [0.3, 0.4) is 0 Å². The van der Waals surface area contributed by atoms with Crippen molar-refractivity contribution in [1.29, 1.82) is 0 Å². The van der Waals surface area contributed by atoms with Crippen molar-refractivity contribution >= 4 is 6.09 Å². The summed E-state index contributed by atoms with van der Waals surface area (Å²) in [6, 6.07) is 6.55. The van der Waals surface area contributed by atoms with Crippen molar-refractivity contribution in [2.24, 2.45) is 0 Å². The van der Waals surface area contributed by atoms with E-state index in [1.807, 2.05) is 0 Å². The first-order chi connectivity index (χ1) is 12.7. The van der Waals surface area contributed by atoms with E-state index >= 15 is 0 Å². The van der Waals surface area contributed by atoms with Crippen LogP contribution < -0.4 is 10.1 Å². The lowest BCUT2D eigenvalue weighted by Gasteiger charge is -2.34. The van der Waals surface area contributed by atoms with Gasteiger partial charge in [0.05, 0.1) is 0 Å². The summed E-state index contributed by atoms with van der Waals surface area (Å²) < 4.78 is 11.4. The minimum Gasteiger partial charge on any atom is -0.508 e. The van der Waals surface area contributed by atoms with Crippen molar-refractivity contribution in [1.82, 2.24) is 5.32 Å². The number of benzene rings is 2. The lowest BCUT2D eigenvalue weighted by molar-refractivity contribution is 0.00163. The summed E-state index contributed by atoms with van der Waals surface area (Å²) in [4.78, 5) is 12.1. The van der Waals surface area contributed by atoms with E-state index in [1.54, 1.807) is 13.8 Å². The number of fused-ring (bicyclic) bond motifs is 1. The normalized spacial score (nSPS) is 18.5. The standard InChI is InChI=1S/C19H21NO7/c1-9(2)20-19(25)27-17-8-12-14(23)6-11(21)7-16(12)26-18(17)10-3-4-13(22)15(24)5-10/h3-7,9,17-18,21-24H,8H2,1-2H3,(H,20,25)/t17-,18?/m1/s1. The molecule has 1 aliphatic rings. The number of phenols is 4. The maximum Gasteiger partial charge on any atom is 0.407 e. The van der Waals surface area contributed by atoms with E-state index in [1.165, 1.54) is 30.3 Å². The first-order valence-electron chi connectivity index (χ1n) is 8.45. The lowest BCUT2D eigenvalue weighted by atomic mass is 9.93. The second kappa shape index (κ2) is 7.14. The van der Waals surface area contributed by atoms with Crippen molar-refractivity contribution in [2.45, 2.75) is 38.5 Å². The highest BCUT2D eigenvalue weighted by molar-refractivity contribution is 5.68. The summed E-state index contributed by atoms with van der Waals surface area (Å²) in [6.45, 7) is 3.58. The quantitative estimate of drug-likeness (QED) is 0.522. The second-order valence-electron chi connectivity index (χ2n) is 6.68. The monoisotopic (exact) mass is 375 g/mol. The van der Waals surface area contributed by atoms with E-state index in [9.17, 15) is 25.2 Å². The van der Waals surface area contributed by atoms with E-state index in [-0.39, 0.29) is 41.2 Å². The molecule has 5 N–H and O–H groups in total. The van der Waals surface area contributed by atoms with Gasteiger partial charge in [-0.2, -0.15) is 0 Å². The third-order valence-corrected chi connectivity index (χ3v) is 4.16. The molecule has 8 heteroatoms. The van der Waals surface area contributed by atoms with Gasteiger partial charge in [-0.3, -0.25) is 0 Å². The summed E-state index contributed by atoms with van der Waals surface area (Å²) in [5.41, 5.74) is 0.857. The number of carbonyl (C=O) groups is 1. The number of ether oxygens (including phenoxy) is 2. The zero-order valence-electron chi connectivity index (χ0n) is 14.8. The van der Waals surface area contributed by atoms with Crippen molar-refractivity contribution in [3.05, 3.63) is 41.5 Å². The van der Waals surface area contributed by atoms with Gasteiger partial charge in [0.1, 0.15) is 23.4 Å². The fourth-order valence-corrected chi connectivity index (χ4v) is 2.96. The summed E-state index contributed by atoms with van der Waals surface area (Å²) in [5.74, 6) is -0.731. The van der Waals surface area contributed by atoms with Crippen molar-refractivity contribution < 1.29 is 34.7 Å². The van der Waals surface area contributed by atoms with Crippen LogP contribution in [0, 0.1) is 0 Å². The summed E-state index contributed by atoms with van der Waals surface area (Å²) in [5, 5.41) is 41.8. The number of rotatable bonds is 3. The molecule has 0 spiro atoms. The number of carbonyl (C=O) groups excluding carboxylic acids is 1. The fraction of sp³-hybridized carbons (Fsp3) is 0.316. The predicted molar refractivity (Wildman–Crippen MR) is 95.2 cm³/mol. The van der Waals surface area contributed by atoms with Crippen molar-refractivity contribution in [3.8, 4) is 28.7 Å². The molecule has 0 saturated heterocycles. The molecule has 8 nitrogen and oxygen atoms in total. The molecule has 0 aromatic heterocycles. The first-order valence-corrected chi connectivity index (χ1v) is 8.45. The largest absolute Gasteiger partial charge is 0.508 e. The molecule has 1 aliphatic heterocycles. The Hall–Kier alpha value is -3.29. The number of amides is 1. The van der Waals surface area contributed by atoms with Crippen LogP contribution in [0.15, 0.2) is 30.3 Å². The van der Waals surface area contributed by atoms with Crippen LogP contribution in [-0.2, 0) is 11.2 Å². The fourth-order valence-electron chi connectivity index (χ4n) is 2.96. The Morgan fingerprint density at radius 1 is 1.11 bits per heavy atom. The topological polar surface area (TPSA) is 128 Å². The van der Waals surface area contributed by atoms with Crippen LogP contribution in [0.25, 0.3) is 0 Å². The molecule has 3 rings (SSSR count). The smallest absolute Gasteiger partial charge is 0.407 e. The first kappa shape index (κ1) is 18.5. The van der Waals surface area contributed by atoms with Gasteiger partial charge in [-0.1, -0.05) is 6.07 Å². The van der Waals surface area contributed by atoms with Gasteiger partial charge in [0.25, 0.3) is 0 Å². The molecule has 1 amide bonds. The Kier molecular flexibility index (Phi) is 4.89. The zero-order chi connectivity index (χ0) is 19.7. The maximum atomic E-state index is 12.1. The molecule has 144 valence electrons. The van der Waals surface area contributed by atoms with E-state index in [0.717, 1.165) is 0 Å². The van der Waals surface area contributed by atoms with Crippen LogP contribution >= 0.6 is 0 Å². The molecule has 0 radical (unpaired) electrons. The molecule has 0 bridgehead atoms. The highest BCUT2D eigenvalue weighted by atomic mass is 16.6. The van der Waals surface area contributed by atoms with Gasteiger partial charge >= 0.3 is 6.09 Å². The van der Waals surface area contributed by atoms with Gasteiger partial charge in [-0.25, -0.2) is 4.79 Å². The molecule has 0 saturated carbocycles. The van der Waals surface area contributed by atoms with Crippen LogP contribution in [0.4, 0.5) is 4.79 Å². The molecule has 2 aromatic rings. The minimum absolute atomic E-state index is 0.129. The highest BCUT2D eigenvalue weighted by Gasteiger charge is 2.36. The van der Waals surface area contributed by atoms with Gasteiger partial charge in [-0.15, -0.1) is 0 Å². The van der Waals surface area contributed by atoms with Crippen molar-refractivity contribution in [2.75, 3.05) is 0 Å². The van der Waals surface area contributed by atoms with E-state index < -0.39 is 18.3 Å². The number of aromatic hydroxyl groups is 4. The molecule has 1 unspecified atom stereocenters. The zero-order valence-corrected chi connectivity index (χ0v) is 14.8. The van der Waals surface area contributed by atoms with Crippen LogP contribution in [-0.4, -0.2) is 38.7 Å². The Bertz CT molecular complexity index is 865. The third kappa shape index (κ3) is 3.94. The predicted octanol–water partition coefficient (Wildman–Crippen LogP) is 2.69. The van der Waals surface area contributed by atoms with E-state index in [4.69, 9.17) is 9.47 Å². The molecule has 1 heterocycles. The van der Waals surface area contributed by atoms with E-state index in [2.05, 4.69) is 5.32 Å². The van der Waals surface area contributed by atoms with Crippen molar-refractivity contribution in [3.63, 3.8) is 0 Å². The highest BCUT2D eigenvalue weighted by Crippen LogP contribution is 2.43. The molecule has 2 aromatic carbocycles. The van der Waals surface area contributed by atoms with Crippen LogP contribution in [0.1, 0.15) is 31.1 Å². The molecule has 2 atom stereocenters. The Morgan fingerprint density at radius 2 is 1.85 bits per heavy atom. The van der Waals surface area contributed by atoms with Gasteiger partial charge in [-0.05, 0) is 26.0 Å². The second-order valence-corrected chi connectivity index (χ2v) is 6.68. The Balaban J connectivity index is 1.97. The SMILES string of the molecule is CC(C)NC(=O)O[C@@H]1Cc2c(O)cc(O)cc2OC1c1ccc(O)c(O)c1. The Morgan fingerprint density at radius 3 is 2.52 bits per heavy atom. The van der Waals surface area contributed by atoms with Crippen LogP contribution in [0.5, 0.6) is 28.7 Å². The number of hydrogen-bond acceptors (Lipinski definition) is 7. The van der Waals surface area contributed by atoms with Gasteiger partial charge < -0.3 is 35.2 Å². The van der Waals surface area contributed by atoms with Crippen LogP contribution in [0.2, 0.25) is 0 Å². The van der Waals surface area contributed by atoms with Gasteiger partial charge in [0, 0.05) is 35.7 Å². The van der Waals surface area contributed by atoms with E-state index in [0.29, 0.717) is 11.1 Å². The average molecular weight is 375 g/mol. The minimum atomic E-state index is -0.817. The number of hydrogen-bond donors (Lipinski definition) is 5. The maximum absolute atomic E-state index is 12.1. The summed E-state index contributed by atoms with van der Waals surface area (Å²) >= 11 is 0. The molecule has 27 heavy (non-hydrogen) atoms. The molecule has 0 fully saturated rings. The molecule has 0 aliphatic carbocycles. The number of alkyl carbamates (subject to hydrolysis) is 1. The summed E-state index contributed by atoms with van der Waals surface area (Å²) in [6.07, 6.45) is -2.13. The lowest BCUT2D eigenvalue weighted by Crippen LogP contribution is -2.39. The Labute approximate surface area is 155 Å². The molecular weight excluding hydrogens is 354 g/mol. The van der Waals surface area contributed by atoms with Gasteiger partial charge in [0.15, 0.2) is 17.6 Å². The average Bonchev–Trinajstić information content (AvgIpc) is 2.56. The summed E-state index contributed by atoms with van der Waals surface area (Å²) in [7, 11) is 0. The number of phenolic OH excluding ortho intramolecular Hbond substituents is 4. The number of nitrogens with one attached hydrogen (secondary N) is 1. The van der Waals surface area contributed by atoms with Gasteiger partial charge in [0.2, 0.25) is 0 Å².